The predicted molar refractivity (Wildman–Crippen MR) is 67.6 cm³/mol. The second kappa shape index (κ2) is 6.14. The van der Waals surface area contributed by atoms with Crippen LogP contribution in [0, 0.1) is 0 Å². The van der Waals surface area contributed by atoms with Crippen LogP contribution in [0.3, 0.4) is 0 Å². The Morgan fingerprint density at radius 2 is 2.00 bits per heavy atom. The van der Waals surface area contributed by atoms with Crippen LogP contribution in [-0.4, -0.2) is 12.6 Å². The van der Waals surface area contributed by atoms with Crippen LogP contribution in [0.15, 0.2) is 24.3 Å². The van der Waals surface area contributed by atoms with E-state index >= 15 is 0 Å². The normalized spacial score (nSPS) is 13.1. The lowest BCUT2D eigenvalue weighted by Gasteiger charge is -2.14. The monoisotopic (exact) mass is 225 g/mol. The van der Waals surface area contributed by atoms with E-state index in [2.05, 4.69) is 38.2 Å². The van der Waals surface area contributed by atoms with Crippen molar-refractivity contribution in [2.75, 3.05) is 6.54 Å². The van der Waals surface area contributed by atoms with Crippen LogP contribution in [0.1, 0.15) is 38.7 Å². The summed E-state index contributed by atoms with van der Waals surface area (Å²) in [6.07, 6.45) is 1.15. The van der Waals surface area contributed by atoms with E-state index in [-0.39, 0.29) is 0 Å². The lowest BCUT2D eigenvalue weighted by molar-refractivity contribution is 0.541. The van der Waals surface area contributed by atoms with Crippen LogP contribution in [0.5, 0.6) is 0 Å². The molecule has 0 spiro atoms. The third-order valence-corrected chi connectivity index (χ3v) is 2.78. The standard InChI is InChI=1S/C13H20ClN/c1-10(2)15-8-7-11(3)12-5-4-6-13(14)9-12/h4-6,9-11,15H,7-8H2,1-3H3. The molecular weight excluding hydrogens is 206 g/mol. The summed E-state index contributed by atoms with van der Waals surface area (Å²) in [4.78, 5) is 0. The summed E-state index contributed by atoms with van der Waals surface area (Å²) in [5, 5.41) is 4.26. The maximum atomic E-state index is 5.96. The molecule has 0 heterocycles. The van der Waals surface area contributed by atoms with Crippen molar-refractivity contribution in [3.8, 4) is 0 Å². The van der Waals surface area contributed by atoms with Gasteiger partial charge in [-0.05, 0) is 36.6 Å². The Morgan fingerprint density at radius 3 is 2.60 bits per heavy atom. The van der Waals surface area contributed by atoms with E-state index in [1.807, 2.05) is 12.1 Å². The molecule has 0 radical (unpaired) electrons. The van der Waals surface area contributed by atoms with E-state index in [0.717, 1.165) is 18.0 Å². The van der Waals surface area contributed by atoms with Gasteiger partial charge in [-0.1, -0.05) is 44.5 Å². The van der Waals surface area contributed by atoms with Crippen LogP contribution >= 0.6 is 11.6 Å². The molecule has 0 saturated carbocycles. The van der Waals surface area contributed by atoms with Gasteiger partial charge in [0.05, 0.1) is 0 Å². The van der Waals surface area contributed by atoms with Crippen molar-refractivity contribution < 1.29 is 0 Å². The van der Waals surface area contributed by atoms with Gasteiger partial charge in [0.1, 0.15) is 0 Å². The third kappa shape index (κ3) is 4.67. The summed E-state index contributed by atoms with van der Waals surface area (Å²) in [7, 11) is 0. The molecule has 0 aliphatic heterocycles. The molecule has 1 aromatic rings. The van der Waals surface area contributed by atoms with E-state index in [4.69, 9.17) is 11.6 Å². The summed E-state index contributed by atoms with van der Waals surface area (Å²) in [6, 6.07) is 8.71. The largest absolute Gasteiger partial charge is 0.315 e. The first kappa shape index (κ1) is 12.5. The second-order valence-electron chi connectivity index (χ2n) is 4.35. The zero-order chi connectivity index (χ0) is 11.3. The SMILES string of the molecule is CC(C)NCCC(C)c1cccc(Cl)c1. The van der Waals surface area contributed by atoms with Crippen LogP contribution < -0.4 is 5.32 Å². The molecule has 1 nitrogen and oxygen atoms in total. The van der Waals surface area contributed by atoms with Crippen molar-refractivity contribution in [2.24, 2.45) is 0 Å². The van der Waals surface area contributed by atoms with E-state index in [1.54, 1.807) is 0 Å². The lowest BCUT2D eigenvalue weighted by Crippen LogP contribution is -2.24. The molecule has 0 aliphatic carbocycles. The van der Waals surface area contributed by atoms with Crippen LogP contribution in [-0.2, 0) is 0 Å². The summed E-state index contributed by atoms with van der Waals surface area (Å²) < 4.78 is 0. The second-order valence-corrected chi connectivity index (χ2v) is 4.79. The maximum Gasteiger partial charge on any atom is 0.0408 e. The van der Waals surface area contributed by atoms with Gasteiger partial charge in [0.2, 0.25) is 0 Å². The molecule has 0 saturated heterocycles. The Labute approximate surface area is 97.8 Å². The Kier molecular flexibility index (Phi) is 5.13. The Balaban J connectivity index is 2.43. The first-order valence-corrected chi connectivity index (χ1v) is 5.96. The quantitative estimate of drug-likeness (QED) is 0.803. The molecule has 0 bridgehead atoms. The number of halogens is 1. The maximum absolute atomic E-state index is 5.96. The van der Waals surface area contributed by atoms with Crippen molar-refractivity contribution in [3.05, 3.63) is 34.9 Å². The molecule has 0 amide bonds. The molecule has 1 unspecified atom stereocenters. The molecule has 1 rings (SSSR count). The van der Waals surface area contributed by atoms with Gasteiger partial charge in [0, 0.05) is 11.1 Å². The van der Waals surface area contributed by atoms with E-state index in [9.17, 15) is 0 Å². The van der Waals surface area contributed by atoms with E-state index < -0.39 is 0 Å². The number of rotatable bonds is 5. The number of benzene rings is 1. The van der Waals surface area contributed by atoms with Gasteiger partial charge in [0.15, 0.2) is 0 Å². The highest BCUT2D eigenvalue weighted by Gasteiger charge is 2.05. The zero-order valence-electron chi connectivity index (χ0n) is 9.76. The van der Waals surface area contributed by atoms with Crippen molar-refractivity contribution in [2.45, 2.75) is 39.2 Å². The van der Waals surface area contributed by atoms with Gasteiger partial charge < -0.3 is 5.32 Å². The van der Waals surface area contributed by atoms with Crippen molar-refractivity contribution in [1.82, 2.24) is 5.32 Å². The van der Waals surface area contributed by atoms with Gasteiger partial charge in [-0.2, -0.15) is 0 Å². The number of hydrogen-bond donors (Lipinski definition) is 1. The smallest absolute Gasteiger partial charge is 0.0408 e. The molecule has 1 atom stereocenters. The summed E-state index contributed by atoms with van der Waals surface area (Å²) in [5.41, 5.74) is 1.33. The summed E-state index contributed by atoms with van der Waals surface area (Å²) >= 11 is 5.96. The van der Waals surface area contributed by atoms with E-state index in [1.165, 1.54) is 5.56 Å². The molecule has 1 aromatic carbocycles. The third-order valence-electron chi connectivity index (χ3n) is 2.55. The van der Waals surface area contributed by atoms with Crippen molar-refractivity contribution in [1.29, 1.82) is 0 Å². The van der Waals surface area contributed by atoms with Crippen LogP contribution in [0.25, 0.3) is 0 Å². The molecule has 0 aromatic heterocycles. The van der Waals surface area contributed by atoms with Gasteiger partial charge in [-0.25, -0.2) is 0 Å². The predicted octanol–water partition coefficient (Wildman–Crippen LogP) is 3.83. The fourth-order valence-corrected chi connectivity index (χ4v) is 1.77. The first-order valence-electron chi connectivity index (χ1n) is 5.58. The Hall–Kier alpha value is -0.530. The molecular formula is C13H20ClN. The summed E-state index contributed by atoms with van der Waals surface area (Å²) in [6.45, 7) is 7.65. The average Bonchev–Trinajstić information content (AvgIpc) is 2.17. The molecule has 84 valence electrons. The molecule has 15 heavy (non-hydrogen) atoms. The lowest BCUT2D eigenvalue weighted by atomic mass is 9.98. The number of hydrogen-bond acceptors (Lipinski definition) is 1. The molecule has 1 N–H and O–H groups in total. The topological polar surface area (TPSA) is 12.0 Å². The minimum atomic E-state index is 0.565. The minimum absolute atomic E-state index is 0.565. The highest BCUT2D eigenvalue weighted by molar-refractivity contribution is 6.30. The minimum Gasteiger partial charge on any atom is -0.315 e. The van der Waals surface area contributed by atoms with Gasteiger partial charge in [0.25, 0.3) is 0 Å². The fraction of sp³-hybridized carbons (Fsp3) is 0.538. The highest BCUT2D eigenvalue weighted by Crippen LogP contribution is 2.21. The fourth-order valence-electron chi connectivity index (χ4n) is 1.57. The van der Waals surface area contributed by atoms with Crippen LogP contribution in [0.2, 0.25) is 5.02 Å². The number of nitrogens with one attached hydrogen (secondary N) is 1. The Bertz CT molecular complexity index is 296. The molecule has 0 aliphatic rings. The first-order chi connectivity index (χ1) is 7.09. The average molecular weight is 226 g/mol. The molecule has 2 heteroatoms. The van der Waals surface area contributed by atoms with Gasteiger partial charge in [-0.15, -0.1) is 0 Å². The van der Waals surface area contributed by atoms with Crippen LogP contribution in [0.4, 0.5) is 0 Å². The Morgan fingerprint density at radius 1 is 1.27 bits per heavy atom. The van der Waals surface area contributed by atoms with Gasteiger partial charge in [-0.3, -0.25) is 0 Å². The summed E-state index contributed by atoms with van der Waals surface area (Å²) in [5.74, 6) is 0.565. The zero-order valence-corrected chi connectivity index (χ0v) is 10.5. The van der Waals surface area contributed by atoms with E-state index in [0.29, 0.717) is 12.0 Å². The highest BCUT2D eigenvalue weighted by atomic mass is 35.5. The molecule has 0 fully saturated rings. The van der Waals surface area contributed by atoms with Crippen molar-refractivity contribution in [3.63, 3.8) is 0 Å². The van der Waals surface area contributed by atoms with Gasteiger partial charge >= 0.3 is 0 Å². The van der Waals surface area contributed by atoms with Crippen molar-refractivity contribution >= 4 is 11.6 Å².